The molecule has 0 unspecified atom stereocenters. The van der Waals surface area contributed by atoms with Gasteiger partial charge in [0.2, 0.25) is 0 Å². The van der Waals surface area contributed by atoms with Crippen LogP contribution < -0.4 is 0 Å². The maximum absolute atomic E-state index is 2.37. The summed E-state index contributed by atoms with van der Waals surface area (Å²) in [6, 6.07) is 11.1. The highest BCUT2D eigenvalue weighted by Gasteiger charge is 2.29. The number of allylic oxidation sites excluding steroid dienone is 1. The number of hydrogen-bond donors (Lipinski definition) is 0. The third kappa shape index (κ3) is 3.43. The fourth-order valence-electron chi connectivity index (χ4n) is 2.87. The summed E-state index contributed by atoms with van der Waals surface area (Å²) >= 11 is 0. The molecule has 0 nitrogen and oxygen atoms in total. The van der Waals surface area contributed by atoms with Crippen molar-refractivity contribution in [3.05, 3.63) is 53.1 Å². The minimum atomic E-state index is 0.153. The van der Waals surface area contributed by atoms with Crippen molar-refractivity contribution in [1.82, 2.24) is 0 Å². The van der Waals surface area contributed by atoms with Crippen LogP contribution in [0.25, 0.3) is 16.8 Å². The van der Waals surface area contributed by atoms with Gasteiger partial charge < -0.3 is 0 Å². The molecule has 0 atom stereocenters. The number of aryl methyl sites for hydroxylation is 1. The Kier molecular flexibility index (Phi) is 6.41. The smallest absolute Gasteiger partial charge is 0.00684 e. The summed E-state index contributed by atoms with van der Waals surface area (Å²) in [4.78, 5) is 0. The Morgan fingerprint density at radius 1 is 1.05 bits per heavy atom. The van der Waals surface area contributed by atoms with E-state index in [2.05, 4.69) is 84.0 Å². The molecule has 0 heteroatoms. The fourth-order valence-corrected chi connectivity index (χ4v) is 2.87. The molecule has 22 heavy (non-hydrogen) atoms. The maximum Gasteiger partial charge on any atom is -0.00684 e. The van der Waals surface area contributed by atoms with Gasteiger partial charge in [0.1, 0.15) is 0 Å². The molecule has 0 saturated carbocycles. The van der Waals surface area contributed by atoms with Gasteiger partial charge in [-0.05, 0) is 52.6 Å². The standard InChI is InChI=1S/C20H26.C2H6/c1-7-10-17-15(4)13-16-11-8-9-12-18(16)19(17)20(5,6)14(2)3;1-2/h7-14H,1-6H3;1-2H3/b10-7-;. The molecule has 0 spiro atoms. The summed E-state index contributed by atoms with van der Waals surface area (Å²) in [5.74, 6) is 0.594. The average molecular weight is 296 g/mol. The van der Waals surface area contributed by atoms with Crippen LogP contribution in [0.2, 0.25) is 0 Å². The maximum atomic E-state index is 2.37. The zero-order valence-electron chi connectivity index (χ0n) is 15.6. The Labute approximate surface area is 137 Å². The van der Waals surface area contributed by atoms with Gasteiger partial charge in [0.25, 0.3) is 0 Å². The molecule has 0 aliphatic heterocycles. The van der Waals surface area contributed by atoms with Crippen LogP contribution in [0, 0.1) is 12.8 Å². The van der Waals surface area contributed by atoms with Gasteiger partial charge in [-0.15, -0.1) is 0 Å². The van der Waals surface area contributed by atoms with Crippen molar-refractivity contribution in [2.45, 2.75) is 60.8 Å². The molecule has 0 aliphatic carbocycles. The van der Waals surface area contributed by atoms with Crippen molar-refractivity contribution >= 4 is 16.8 Å². The lowest BCUT2D eigenvalue weighted by molar-refractivity contribution is 0.374. The predicted octanol–water partition coefficient (Wildman–Crippen LogP) is 7.14. The molecule has 0 bridgehead atoms. The Hall–Kier alpha value is -1.56. The Balaban J connectivity index is 0.00000116. The van der Waals surface area contributed by atoms with Crippen LogP contribution in [-0.2, 0) is 5.41 Å². The molecule has 2 aromatic rings. The number of benzene rings is 2. The van der Waals surface area contributed by atoms with E-state index in [-0.39, 0.29) is 5.41 Å². The van der Waals surface area contributed by atoms with Gasteiger partial charge in [-0.25, -0.2) is 0 Å². The number of fused-ring (bicyclic) bond motifs is 1. The first kappa shape index (κ1) is 18.5. The molecule has 0 aromatic heterocycles. The van der Waals surface area contributed by atoms with Crippen molar-refractivity contribution in [1.29, 1.82) is 0 Å². The number of rotatable bonds is 3. The van der Waals surface area contributed by atoms with E-state index in [1.54, 1.807) is 0 Å². The van der Waals surface area contributed by atoms with E-state index in [1.807, 2.05) is 13.8 Å². The Morgan fingerprint density at radius 3 is 2.18 bits per heavy atom. The van der Waals surface area contributed by atoms with Crippen LogP contribution in [0.3, 0.4) is 0 Å². The first-order valence-electron chi connectivity index (χ1n) is 8.55. The van der Waals surface area contributed by atoms with E-state index in [4.69, 9.17) is 0 Å². The molecule has 2 aromatic carbocycles. The van der Waals surface area contributed by atoms with Crippen LogP contribution in [0.15, 0.2) is 36.4 Å². The van der Waals surface area contributed by atoms with Gasteiger partial charge in [0.15, 0.2) is 0 Å². The predicted molar refractivity (Wildman–Crippen MR) is 103 cm³/mol. The lowest BCUT2D eigenvalue weighted by Crippen LogP contribution is -2.26. The van der Waals surface area contributed by atoms with Crippen molar-refractivity contribution in [3.63, 3.8) is 0 Å². The molecular formula is C22H32. The van der Waals surface area contributed by atoms with Crippen molar-refractivity contribution < 1.29 is 0 Å². The van der Waals surface area contributed by atoms with Crippen LogP contribution in [-0.4, -0.2) is 0 Å². The molecule has 0 fully saturated rings. The quantitative estimate of drug-likeness (QED) is 0.564. The lowest BCUT2D eigenvalue weighted by Gasteiger charge is -2.33. The first-order valence-corrected chi connectivity index (χ1v) is 8.55. The number of hydrogen-bond acceptors (Lipinski definition) is 0. The van der Waals surface area contributed by atoms with E-state index in [0.29, 0.717) is 5.92 Å². The summed E-state index contributed by atoms with van der Waals surface area (Å²) in [5, 5.41) is 2.74. The molecule has 0 N–H and O–H groups in total. The summed E-state index contributed by atoms with van der Waals surface area (Å²) in [6.07, 6.45) is 4.41. The Morgan fingerprint density at radius 2 is 1.64 bits per heavy atom. The first-order chi connectivity index (χ1) is 10.4. The van der Waals surface area contributed by atoms with Gasteiger partial charge >= 0.3 is 0 Å². The monoisotopic (exact) mass is 296 g/mol. The van der Waals surface area contributed by atoms with Crippen molar-refractivity contribution in [3.8, 4) is 0 Å². The summed E-state index contributed by atoms with van der Waals surface area (Å²) in [5.41, 5.74) is 4.40. The fraction of sp³-hybridized carbons (Fsp3) is 0.455. The summed E-state index contributed by atoms with van der Waals surface area (Å²) < 4.78 is 0. The van der Waals surface area contributed by atoms with E-state index in [0.717, 1.165) is 0 Å². The molecule has 0 saturated heterocycles. The topological polar surface area (TPSA) is 0 Å². The van der Waals surface area contributed by atoms with Crippen LogP contribution >= 0.6 is 0 Å². The minimum absolute atomic E-state index is 0.153. The normalized spacial score (nSPS) is 11.9. The van der Waals surface area contributed by atoms with Gasteiger partial charge in [0.05, 0.1) is 0 Å². The third-order valence-electron chi connectivity index (χ3n) is 4.72. The average Bonchev–Trinajstić information content (AvgIpc) is 2.49. The van der Waals surface area contributed by atoms with Crippen molar-refractivity contribution in [2.75, 3.05) is 0 Å². The highest BCUT2D eigenvalue weighted by atomic mass is 14.3. The minimum Gasteiger partial charge on any atom is -0.0870 e. The molecule has 0 aliphatic rings. The van der Waals surface area contributed by atoms with Crippen LogP contribution in [0.4, 0.5) is 0 Å². The van der Waals surface area contributed by atoms with E-state index >= 15 is 0 Å². The molecule has 0 radical (unpaired) electrons. The van der Waals surface area contributed by atoms with E-state index in [1.165, 1.54) is 27.5 Å². The summed E-state index contributed by atoms with van der Waals surface area (Å²) in [7, 11) is 0. The highest BCUT2D eigenvalue weighted by molar-refractivity contribution is 5.91. The molecule has 120 valence electrons. The summed E-state index contributed by atoms with van der Waals surface area (Å²) in [6.45, 7) is 17.7. The van der Waals surface area contributed by atoms with Crippen molar-refractivity contribution in [2.24, 2.45) is 5.92 Å². The zero-order chi connectivity index (χ0) is 16.9. The van der Waals surface area contributed by atoms with Crippen LogP contribution in [0.1, 0.15) is 65.2 Å². The van der Waals surface area contributed by atoms with Crippen LogP contribution in [0.5, 0.6) is 0 Å². The van der Waals surface area contributed by atoms with Gasteiger partial charge in [-0.2, -0.15) is 0 Å². The molecular weight excluding hydrogens is 264 g/mol. The van der Waals surface area contributed by atoms with Gasteiger partial charge in [-0.1, -0.05) is 84.0 Å². The molecule has 2 rings (SSSR count). The van der Waals surface area contributed by atoms with E-state index in [9.17, 15) is 0 Å². The molecule has 0 heterocycles. The van der Waals surface area contributed by atoms with Gasteiger partial charge in [0, 0.05) is 0 Å². The third-order valence-corrected chi connectivity index (χ3v) is 4.72. The Bertz CT molecular complexity index is 642. The largest absolute Gasteiger partial charge is 0.0870 e. The lowest BCUT2D eigenvalue weighted by atomic mass is 9.71. The molecule has 0 amide bonds. The zero-order valence-corrected chi connectivity index (χ0v) is 15.6. The van der Waals surface area contributed by atoms with Gasteiger partial charge in [-0.3, -0.25) is 0 Å². The SMILES string of the molecule is C/C=C\c1c(C)cc2ccccc2c1C(C)(C)C(C)C.CC. The second kappa shape index (κ2) is 7.63. The second-order valence-corrected chi connectivity index (χ2v) is 6.58. The van der Waals surface area contributed by atoms with E-state index < -0.39 is 0 Å². The highest BCUT2D eigenvalue weighted by Crippen LogP contribution is 2.40. The second-order valence-electron chi connectivity index (χ2n) is 6.58.